The van der Waals surface area contributed by atoms with E-state index in [1.807, 2.05) is 69.4 Å². The molecule has 0 radical (unpaired) electrons. The minimum Gasteiger partial charge on any atom is -0.477 e. The average Bonchev–Trinajstić information content (AvgIpc) is 2.95. The summed E-state index contributed by atoms with van der Waals surface area (Å²) >= 11 is 0. The molecule has 0 amide bonds. The first-order valence-electron chi connectivity index (χ1n) is 13.2. The minimum absolute atomic E-state index is 0.0848. The smallest absolute Gasteiger partial charge is 0.354 e. The van der Waals surface area contributed by atoms with Gasteiger partial charge in [-0.05, 0) is 53.4 Å². The lowest BCUT2D eigenvalue weighted by atomic mass is 9.91. The van der Waals surface area contributed by atoms with Crippen LogP contribution in [0.25, 0.3) is 11.1 Å². The van der Waals surface area contributed by atoms with E-state index >= 15 is 0 Å². The Morgan fingerprint density at radius 2 is 1.90 bits per heavy atom. The summed E-state index contributed by atoms with van der Waals surface area (Å²) in [6, 6.07) is 17.4. The van der Waals surface area contributed by atoms with E-state index in [9.17, 15) is 9.90 Å². The molecule has 1 aromatic heterocycles. The number of morpholine rings is 1. The van der Waals surface area contributed by atoms with Crippen molar-refractivity contribution in [1.29, 1.82) is 5.41 Å². The lowest BCUT2D eigenvalue weighted by Crippen LogP contribution is -2.36. The van der Waals surface area contributed by atoms with Gasteiger partial charge in [0.05, 0.1) is 19.8 Å². The number of carbonyl (C=O) groups is 1. The van der Waals surface area contributed by atoms with Crippen LogP contribution in [0.15, 0.2) is 54.6 Å². The number of anilines is 4. The van der Waals surface area contributed by atoms with Gasteiger partial charge < -0.3 is 35.1 Å². The molecule has 2 aromatic carbocycles. The van der Waals surface area contributed by atoms with Crippen molar-refractivity contribution in [3.05, 3.63) is 65.9 Å². The monoisotopic (exact) mass is 531 g/mol. The van der Waals surface area contributed by atoms with Gasteiger partial charge in [-0.15, -0.1) is 0 Å². The molecule has 206 valence electrons. The number of aromatic carboxylic acids is 1. The van der Waals surface area contributed by atoms with Gasteiger partial charge in [0.1, 0.15) is 5.82 Å². The second kappa shape index (κ2) is 12.7. The third kappa shape index (κ3) is 6.74. The zero-order valence-electron chi connectivity index (χ0n) is 23.0. The van der Waals surface area contributed by atoms with Crippen LogP contribution >= 0.6 is 0 Å². The second-order valence-electron chi connectivity index (χ2n) is 9.89. The first-order valence-corrected chi connectivity index (χ1v) is 13.2. The Labute approximate surface area is 229 Å². The molecule has 0 saturated carbocycles. The number of benzene rings is 2. The van der Waals surface area contributed by atoms with Gasteiger partial charge in [-0.25, -0.2) is 9.78 Å². The lowest BCUT2D eigenvalue weighted by Gasteiger charge is -2.29. The molecule has 3 aromatic rings. The van der Waals surface area contributed by atoms with Crippen LogP contribution in [0.1, 0.15) is 29.9 Å². The second-order valence-corrected chi connectivity index (χ2v) is 9.89. The Morgan fingerprint density at radius 1 is 1.18 bits per heavy atom. The third-order valence-corrected chi connectivity index (χ3v) is 6.82. The van der Waals surface area contributed by atoms with Crippen LogP contribution in [-0.4, -0.2) is 75.4 Å². The van der Waals surface area contributed by atoms with Crippen LogP contribution in [-0.2, 0) is 9.47 Å². The number of likely N-dealkylation sites (N-methyl/N-ethyl adjacent to an activating group) is 1. The van der Waals surface area contributed by atoms with Gasteiger partial charge in [-0.3, -0.25) is 0 Å². The molecular formula is C30H37N5O4. The van der Waals surface area contributed by atoms with Gasteiger partial charge in [0.2, 0.25) is 0 Å². The van der Waals surface area contributed by atoms with Gasteiger partial charge in [-0.2, -0.15) is 0 Å². The number of aromatic nitrogens is 1. The van der Waals surface area contributed by atoms with Crippen LogP contribution in [0.5, 0.6) is 0 Å². The highest BCUT2D eigenvalue weighted by Gasteiger charge is 2.23. The maximum atomic E-state index is 12.1. The lowest BCUT2D eigenvalue weighted by molar-refractivity contribution is 0.0690. The molecule has 0 unspecified atom stereocenters. The van der Waals surface area contributed by atoms with Gasteiger partial charge in [0.25, 0.3) is 0 Å². The summed E-state index contributed by atoms with van der Waals surface area (Å²) in [5, 5.41) is 22.2. The number of ether oxygens (including phenoxy) is 2. The first-order chi connectivity index (χ1) is 18.8. The van der Waals surface area contributed by atoms with Crippen molar-refractivity contribution >= 4 is 34.6 Å². The topological polar surface area (TPSA) is 111 Å². The molecule has 1 saturated heterocycles. The van der Waals surface area contributed by atoms with E-state index in [2.05, 4.69) is 20.1 Å². The normalized spacial score (nSPS) is 13.4. The summed E-state index contributed by atoms with van der Waals surface area (Å²) in [6.45, 7) is 8.27. The third-order valence-electron chi connectivity index (χ3n) is 6.82. The number of carboxylic acid groups (broad SMARTS) is 1. The molecule has 0 bridgehead atoms. The molecule has 0 aliphatic carbocycles. The number of hydrogen-bond donors (Lipinski definition) is 3. The fraction of sp³-hybridized carbons (Fsp3) is 0.367. The van der Waals surface area contributed by atoms with Crippen molar-refractivity contribution in [2.75, 3.05) is 68.7 Å². The van der Waals surface area contributed by atoms with Crippen LogP contribution < -0.4 is 15.1 Å². The van der Waals surface area contributed by atoms with Gasteiger partial charge in [0, 0.05) is 62.1 Å². The van der Waals surface area contributed by atoms with E-state index in [1.54, 1.807) is 13.2 Å². The number of methoxy groups -OCH3 is 1. The zero-order chi connectivity index (χ0) is 27.9. The number of hydrogen-bond acceptors (Lipinski definition) is 8. The zero-order valence-corrected chi connectivity index (χ0v) is 23.0. The average molecular weight is 532 g/mol. The fourth-order valence-electron chi connectivity index (χ4n) is 4.52. The van der Waals surface area contributed by atoms with E-state index < -0.39 is 5.97 Å². The Morgan fingerprint density at radius 3 is 2.54 bits per heavy atom. The minimum atomic E-state index is -1.13. The Balaban J connectivity index is 1.77. The van der Waals surface area contributed by atoms with Crippen LogP contribution in [0.2, 0.25) is 0 Å². The van der Waals surface area contributed by atoms with Crippen molar-refractivity contribution in [2.45, 2.75) is 13.8 Å². The maximum absolute atomic E-state index is 12.1. The van der Waals surface area contributed by atoms with E-state index in [-0.39, 0.29) is 11.6 Å². The summed E-state index contributed by atoms with van der Waals surface area (Å²) in [5.74, 6) is -0.877. The van der Waals surface area contributed by atoms with E-state index in [0.29, 0.717) is 42.5 Å². The molecule has 39 heavy (non-hydrogen) atoms. The molecule has 0 atom stereocenters. The summed E-state index contributed by atoms with van der Waals surface area (Å²) in [5.41, 5.74) is 5.18. The predicted octanol–water partition coefficient (Wildman–Crippen LogP) is 5.13. The summed E-state index contributed by atoms with van der Waals surface area (Å²) < 4.78 is 10.7. The largest absolute Gasteiger partial charge is 0.477 e. The van der Waals surface area contributed by atoms with Crippen LogP contribution in [0.3, 0.4) is 0 Å². The molecule has 1 fully saturated rings. The van der Waals surface area contributed by atoms with Crippen molar-refractivity contribution < 1.29 is 19.4 Å². The molecule has 9 nitrogen and oxygen atoms in total. The highest BCUT2D eigenvalue weighted by atomic mass is 16.5. The van der Waals surface area contributed by atoms with Crippen LogP contribution in [0, 0.1) is 11.3 Å². The molecular weight excluding hydrogens is 494 g/mol. The first kappa shape index (κ1) is 28.1. The predicted molar refractivity (Wildman–Crippen MR) is 156 cm³/mol. The maximum Gasteiger partial charge on any atom is 0.354 e. The summed E-state index contributed by atoms with van der Waals surface area (Å²) in [7, 11) is 3.66. The summed E-state index contributed by atoms with van der Waals surface area (Å²) in [4.78, 5) is 20.9. The Hall–Kier alpha value is -3.95. The standard InChI is InChI=1S/C30H37N5O4/c1-20(2)28(31)27-25(21-8-10-23(11-9-21)35-13-16-39-17-14-35)19-26(30(36)37)33-29(27)32-22-6-5-7-24(18-22)34(3)12-15-38-4/h5-11,18-20,31H,12-17H2,1-4H3,(H,32,33)(H,36,37). The van der Waals surface area contributed by atoms with E-state index in [1.165, 1.54) is 0 Å². The van der Waals surface area contributed by atoms with Gasteiger partial charge in [0.15, 0.2) is 5.69 Å². The highest BCUT2D eigenvalue weighted by Crippen LogP contribution is 2.34. The van der Waals surface area contributed by atoms with Gasteiger partial charge in [-0.1, -0.05) is 32.0 Å². The van der Waals surface area contributed by atoms with Gasteiger partial charge >= 0.3 is 5.97 Å². The van der Waals surface area contributed by atoms with Crippen molar-refractivity contribution in [3.63, 3.8) is 0 Å². The Kier molecular flexibility index (Phi) is 9.16. The molecule has 1 aliphatic rings. The van der Waals surface area contributed by atoms with Crippen molar-refractivity contribution in [1.82, 2.24) is 4.98 Å². The number of pyridine rings is 1. The number of rotatable bonds is 11. The van der Waals surface area contributed by atoms with E-state index in [4.69, 9.17) is 14.9 Å². The number of carboxylic acids is 1. The van der Waals surface area contributed by atoms with E-state index in [0.717, 1.165) is 42.3 Å². The molecule has 1 aliphatic heterocycles. The van der Waals surface area contributed by atoms with Crippen LogP contribution in [0.4, 0.5) is 22.9 Å². The highest BCUT2D eigenvalue weighted by molar-refractivity contribution is 6.10. The Bertz CT molecular complexity index is 1300. The number of nitrogens with one attached hydrogen (secondary N) is 2. The summed E-state index contributed by atoms with van der Waals surface area (Å²) in [6.07, 6.45) is 0. The van der Waals surface area contributed by atoms with Crippen molar-refractivity contribution in [2.24, 2.45) is 5.92 Å². The molecule has 0 spiro atoms. The molecule has 2 heterocycles. The molecule has 4 rings (SSSR count). The molecule has 3 N–H and O–H groups in total. The quantitative estimate of drug-likeness (QED) is 0.292. The number of nitrogens with zero attached hydrogens (tertiary/aromatic N) is 3. The van der Waals surface area contributed by atoms with Crippen molar-refractivity contribution in [3.8, 4) is 11.1 Å². The SMILES string of the molecule is COCCN(C)c1cccc(Nc2nc(C(=O)O)cc(-c3ccc(N4CCOCC4)cc3)c2C(=N)C(C)C)c1. The fourth-order valence-corrected chi connectivity index (χ4v) is 4.52. The molecule has 9 heteroatoms.